The normalized spacial score (nSPS) is 27.9. The molecule has 0 radical (unpaired) electrons. The number of benzene rings is 1. The third-order valence-electron chi connectivity index (χ3n) is 3.99. The fourth-order valence-corrected chi connectivity index (χ4v) is 2.86. The molecular formula is C15H23NO. The highest BCUT2D eigenvalue weighted by Gasteiger charge is 2.28. The number of likely N-dealkylation sites (tertiary alicyclic amines) is 1. The van der Waals surface area contributed by atoms with Gasteiger partial charge in [-0.1, -0.05) is 30.3 Å². The van der Waals surface area contributed by atoms with Gasteiger partial charge in [-0.25, -0.2) is 0 Å². The van der Waals surface area contributed by atoms with E-state index in [1.54, 1.807) is 0 Å². The minimum absolute atomic E-state index is 0.448. The number of methoxy groups -OCH3 is 1. The van der Waals surface area contributed by atoms with Crippen LogP contribution in [0.5, 0.6) is 0 Å². The highest BCUT2D eigenvalue weighted by atomic mass is 16.5. The van der Waals surface area contributed by atoms with Crippen LogP contribution in [0.25, 0.3) is 0 Å². The van der Waals surface area contributed by atoms with E-state index in [0.717, 1.165) is 19.4 Å². The fourth-order valence-electron chi connectivity index (χ4n) is 2.86. The molecule has 1 aliphatic rings. The molecule has 1 saturated heterocycles. The molecule has 3 atom stereocenters. The third-order valence-corrected chi connectivity index (χ3v) is 3.99. The molecular weight excluding hydrogens is 210 g/mol. The second-order valence-electron chi connectivity index (χ2n) is 5.06. The number of hydrogen-bond donors (Lipinski definition) is 0. The summed E-state index contributed by atoms with van der Waals surface area (Å²) in [5.41, 5.74) is 1.41. The summed E-state index contributed by atoms with van der Waals surface area (Å²) in [5.74, 6) is 0. The van der Waals surface area contributed by atoms with Crippen LogP contribution in [0.2, 0.25) is 0 Å². The van der Waals surface area contributed by atoms with Crippen molar-refractivity contribution in [3.8, 4) is 0 Å². The van der Waals surface area contributed by atoms with Crippen molar-refractivity contribution in [2.75, 3.05) is 13.7 Å². The van der Waals surface area contributed by atoms with Gasteiger partial charge < -0.3 is 4.74 Å². The number of rotatable bonds is 3. The van der Waals surface area contributed by atoms with E-state index in [1.807, 2.05) is 7.11 Å². The number of hydrogen-bond acceptors (Lipinski definition) is 2. The van der Waals surface area contributed by atoms with Crippen LogP contribution in [0.4, 0.5) is 0 Å². The summed E-state index contributed by atoms with van der Waals surface area (Å²) in [7, 11) is 1.83. The summed E-state index contributed by atoms with van der Waals surface area (Å²) in [6, 6.07) is 11.9. The molecule has 1 aromatic carbocycles. The first kappa shape index (κ1) is 12.6. The van der Waals surface area contributed by atoms with Gasteiger partial charge in [-0.2, -0.15) is 0 Å². The van der Waals surface area contributed by atoms with Crippen LogP contribution in [0.15, 0.2) is 30.3 Å². The van der Waals surface area contributed by atoms with Crippen molar-refractivity contribution in [2.45, 2.75) is 44.9 Å². The van der Waals surface area contributed by atoms with Crippen molar-refractivity contribution in [1.29, 1.82) is 0 Å². The average Bonchev–Trinajstić information content (AvgIpc) is 2.39. The molecule has 17 heavy (non-hydrogen) atoms. The molecule has 0 spiro atoms. The van der Waals surface area contributed by atoms with Crippen molar-refractivity contribution >= 4 is 0 Å². The zero-order chi connectivity index (χ0) is 12.3. The molecule has 0 unspecified atom stereocenters. The number of piperidine rings is 1. The maximum Gasteiger partial charge on any atom is 0.0598 e. The van der Waals surface area contributed by atoms with E-state index in [1.165, 1.54) is 5.56 Å². The smallest absolute Gasteiger partial charge is 0.0598 e. The fraction of sp³-hybridized carbons (Fsp3) is 0.600. The molecule has 0 amide bonds. The van der Waals surface area contributed by atoms with Crippen molar-refractivity contribution in [2.24, 2.45) is 0 Å². The van der Waals surface area contributed by atoms with Crippen molar-refractivity contribution in [3.63, 3.8) is 0 Å². The lowest BCUT2D eigenvalue weighted by molar-refractivity contribution is 0.00125. The molecule has 1 aromatic rings. The van der Waals surface area contributed by atoms with E-state index >= 15 is 0 Å². The van der Waals surface area contributed by atoms with E-state index in [2.05, 4.69) is 49.1 Å². The summed E-state index contributed by atoms with van der Waals surface area (Å²) in [6.45, 7) is 5.75. The lowest BCUT2D eigenvalue weighted by Crippen LogP contribution is -2.44. The van der Waals surface area contributed by atoms with Crippen LogP contribution in [0.3, 0.4) is 0 Å². The molecule has 0 aliphatic carbocycles. The van der Waals surface area contributed by atoms with Crippen LogP contribution in [-0.4, -0.2) is 30.7 Å². The van der Waals surface area contributed by atoms with Gasteiger partial charge in [0, 0.05) is 25.7 Å². The van der Waals surface area contributed by atoms with Gasteiger partial charge in [-0.05, 0) is 32.3 Å². The van der Waals surface area contributed by atoms with E-state index in [9.17, 15) is 0 Å². The zero-order valence-corrected chi connectivity index (χ0v) is 11.1. The zero-order valence-electron chi connectivity index (χ0n) is 11.1. The Morgan fingerprint density at radius 2 is 2.00 bits per heavy atom. The molecule has 0 saturated carbocycles. The second-order valence-corrected chi connectivity index (χ2v) is 5.06. The molecule has 1 aliphatic heterocycles. The van der Waals surface area contributed by atoms with Crippen LogP contribution < -0.4 is 0 Å². The van der Waals surface area contributed by atoms with Gasteiger partial charge in [0.15, 0.2) is 0 Å². The summed E-state index contributed by atoms with van der Waals surface area (Å²) in [5, 5.41) is 0. The van der Waals surface area contributed by atoms with Crippen LogP contribution >= 0.6 is 0 Å². The van der Waals surface area contributed by atoms with Crippen molar-refractivity contribution < 1.29 is 4.74 Å². The standard InChI is InChI=1S/C15H23NO/c1-12-11-15(17-3)9-10-16(12)13(2)14-7-5-4-6-8-14/h4-8,12-13,15H,9-11H2,1-3H3/t12-,13-,15-/m1/s1. The van der Waals surface area contributed by atoms with Crippen LogP contribution in [0.1, 0.15) is 38.3 Å². The monoisotopic (exact) mass is 233 g/mol. The number of nitrogens with zero attached hydrogens (tertiary/aromatic N) is 1. The summed E-state index contributed by atoms with van der Waals surface area (Å²) in [4.78, 5) is 2.59. The Labute approximate surface area is 105 Å². The minimum atomic E-state index is 0.448. The van der Waals surface area contributed by atoms with Gasteiger partial charge in [-0.15, -0.1) is 0 Å². The highest BCUT2D eigenvalue weighted by molar-refractivity contribution is 5.18. The van der Waals surface area contributed by atoms with E-state index in [4.69, 9.17) is 4.74 Å². The van der Waals surface area contributed by atoms with Gasteiger partial charge >= 0.3 is 0 Å². The molecule has 0 bridgehead atoms. The Morgan fingerprint density at radius 3 is 2.59 bits per heavy atom. The van der Waals surface area contributed by atoms with Crippen LogP contribution in [-0.2, 0) is 4.74 Å². The first-order valence-corrected chi connectivity index (χ1v) is 6.56. The largest absolute Gasteiger partial charge is 0.381 e. The molecule has 0 aromatic heterocycles. The number of ether oxygens (including phenoxy) is 1. The average molecular weight is 233 g/mol. The van der Waals surface area contributed by atoms with Crippen LogP contribution in [0, 0.1) is 0 Å². The predicted molar refractivity (Wildman–Crippen MR) is 71.1 cm³/mol. The Kier molecular flexibility index (Phi) is 4.19. The SMILES string of the molecule is CO[C@@H]1CCN([C@H](C)c2ccccc2)[C@H](C)C1. The van der Waals surface area contributed by atoms with Gasteiger partial charge in [-0.3, -0.25) is 4.90 Å². The summed E-state index contributed by atoms with van der Waals surface area (Å²) < 4.78 is 5.47. The molecule has 2 heteroatoms. The predicted octanol–water partition coefficient (Wildman–Crippen LogP) is 3.25. The second kappa shape index (κ2) is 5.65. The Hall–Kier alpha value is -0.860. The lowest BCUT2D eigenvalue weighted by Gasteiger charge is -2.41. The third kappa shape index (κ3) is 2.88. The quantitative estimate of drug-likeness (QED) is 0.794. The van der Waals surface area contributed by atoms with Gasteiger partial charge in [0.2, 0.25) is 0 Å². The lowest BCUT2D eigenvalue weighted by atomic mass is 9.96. The molecule has 2 rings (SSSR count). The maximum absolute atomic E-state index is 5.47. The van der Waals surface area contributed by atoms with E-state index < -0.39 is 0 Å². The van der Waals surface area contributed by atoms with Crippen molar-refractivity contribution in [1.82, 2.24) is 4.90 Å². The maximum atomic E-state index is 5.47. The summed E-state index contributed by atoms with van der Waals surface area (Å²) in [6.07, 6.45) is 2.75. The van der Waals surface area contributed by atoms with E-state index in [0.29, 0.717) is 18.2 Å². The first-order valence-electron chi connectivity index (χ1n) is 6.56. The van der Waals surface area contributed by atoms with Gasteiger partial charge in [0.25, 0.3) is 0 Å². The molecule has 0 N–H and O–H groups in total. The van der Waals surface area contributed by atoms with Gasteiger partial charge in [0.1, 0.15) is 0 Å². The molecule has 1 heterocycles. The first-order chi connectivity index (χ1) is 8.22. The highest BCUT2D eigenvalue weighted by Crippen LogP contribution is 2.28. The van der Waals surface area contributed by atoms with E-state index in [-0.39, 0.29) is 0 Å². The molecule has 94 valence electrons. The minimum Gasteiger partial charge on any atom is -0.381 e. The topological polar surface area (TPSA) is 12.5 Å². The molecule has 1 fully saturated rings. The van der Waals surface area contributed by atoms with Crippen molar-refractivity contribution in [3.05, 3.63) is 35.9 Å². The molecule has 2 nitrogen and oxygen atoms in total. The Bertz CT molecular complexity index is 338. The van der Waals surface area contributed by atoms with Gasteiger partial charge in [0.05, 0.1) is 6.10 Å². The Morgan fingerprint density at radius 1 is 1.29 bits per heavy atom. The Balaban J connectivity index is 2.03. The summed E-state index contributed by atoms with van der Waals surface area (Å²) >= 11 is 0.